The second kappa shape index (κ2) is 13.6. The molecule has 1 aliphatic rings. The number of hydrogen-bond donors (Lipinski definition) is 0. The molecule has 1 atom stereocenters. The van der Waals surface area contributed by atoms with E-state index in [9.17, 15) is 4.79 Å². The van der Waals surface area contributed by atoms with E-state index in [-0.39, 0.29) is 12.1 Å². The molecule has 0 aromatic rings. The van der Waals surface area contributed by atoms with Crippen molar-refractivity contribution in [2.75, 3.05) is 0 Å². The van der Waals surface area contributed by atoms with Crippen LogP contribution in [0.25, 0.3) is 0 Å². The molecule has 0 saturated carbocycles. The molecule has 1 aliphatic heterocycles. The molecular formula is C21H38O2. The van der Waals surface area contributed by atoms with E-state index in [2.05, 4.69) is 6.92 Å². The molecule has 2 nitrogen and oxygen atoms in total. The highest BCUT2D eigenvalue weighted by atomic mass is 16.5. The molecule has 134 valence electrons. The molecule has 0 bridgehead atoms. The molecule has 0 fully saturated rings. The third kappa shape index (κ3) is 10.6. The van der Waals surface area contributed by atoms with Crippen LogP contribution in [0.2, 0.25) is 0 Å². The number of carbonyl (C=O) groups excluding carboxylic acids is 1. The predicted molar refractivity (Wildman–Crippen MR) is 98.6 cm³/mol. The number of esters is 1. The highest BCUT2D eigenvalue weighted by Gasteiger charge is 2.20. The minimum Gasteiger partial charge on any atom is -0.455 e. The number of ether oxygens (including phenoxy) is 1. The van der Waals surface area contributed by atoms with Crippen LogP contribution < -0.4 is 0 Å². The van der Waals surface area contributed by atoms with E-state index in [0.717, 1.165) is 18.4 Å². The van der Waals surface area contributed by atoms with Gasteiger partial charge < -0.3 is 4.74 Å². The van der Waals surface area contributed by atoms with Gasteiger partial charge in [0.25, 0.3) is 0 Å². The summed E-state index contributed by atoms with van der Waals surface area (Å²) in [5.41, 5.74) is 0.899. The van der Waals surface area contributed by atoms with Gasteiger partial charge in [0.05, 0.1) is 0 Å². The molecule has 0 amide bonds. The van der Waals surface area contributed by atoms with E-state index in [1.807, 2.05) is 13.0 Å². The van der Waals surface area contributed by atoms with Crippen molar-refractivity contribution in [3.63, 3.8) is 0 Å². The van der Waals surface area contributed by atoms with E-state index in [4.69, 9.17) is 4.74 Å². The first-order valence-electron chi connectivity index (χ1n) is 10.2. The summed E-state index contributed by atoms with van der Waals surface area (Å²) in [4.78, 5) is 11.5. The monoisotopic (exact) mass is 322 g/mol. The Kier molecular flexibility index (Phi) is 12.0. The summed E-state index contributed by atoms with van der Waals surface area (Å²) in [6, 6.07) is 0. The number of hydrogen-bond acceptors (Lipinski definition) is 2. The lowest BCUT2D eigenvalue weighted by molar-refractivity contribution is -0.139. The Morgan fingerprint density at radius 3 is 1.61 bits per heavy atom. The van der Waals surface area contributed by atoms with Gasteiger partial charge in [0, 0.05) is 5.57 Å². The number of rotatable bonds is 15. The summed E-state index contributed by atoms with van der Waals surface area (Å²) in [5.74, 6) is -0.0906. The van der Waals surface area contributed by atoms with Crippen molar-refractivity contribution in [2.24, 2.45) is 0 Å². The molecule has 0 aromatic heterocycles. The maximum Gasteiger partial charge on any atom is 0.334 e. The molecule has 2 heteroatoms. The first-order chi connectivity index (χ1) is 11.2. The fourth-order valence-electron chi connectivity index (χ4n) is 3.33. The number of carbonyl (C=O) groups is 1. The highest BCUT2D eigenvalue weighted by molar-refractivity contribution is 5.90. The summed E-state index contributed by atoms with van der Waals surface area (Å²) >= 11 is 0. The quantitative estimate of drug-likeness (QED) is 0.247. The zero-order chi connectivity index (χ0) is 16.8. The third-order valence-corrected chi connectivity index (χ3v) is 4.79. The molecule has 0 N–H and O–H groups in total. The highest BCUT2D eigenvalue weighted by Crippen LogP contribution is 2.20. The van der Waals surface area contributed by atoms with Crippen LogP contribution in [-0.4, -0.2) is 12.1 Å². The van der Waals surface area contributed by atoms with Gasteiger partial charge in [-0.3, -0.25) is 0 Å². The summed E-state index contributed by atoms with van der Waals surface area (Å²) in [6.45, 7) is 4.20. The topological polar surface area (TPSA) is 26.3 Å². The van der Waals surface area contributed by atoms with Gasteiger partial charge in [0.15, 0.2) is 0 Å². The van der Waals surface area contributed by atoms with Crippen LogP contribution in [0.5, 0.6) is 0 Å². The molecule has 0 radical (unpaired) electrons. The van der Waals surface area contributed by atoms with Crippen LogP contribution in [0.4, 0.5) is 0 Å². The van der Waals surface area contributed by atoms with Gasteiger partial charge in [-0.15, -0.1) is 0 Å². The first-order valence-corrected chi connectivity index (χ1v) is 10.2. The van der Waals surface area contributed by atoms with Crippen LogP contribution in [0.15, 0.2) is 11.6 Å². The van der Waals surface area contributed by atoms with Gasteiger partial charge in [-0.2, -0.15) is 0 Å². The lowest BCUT2D eigenvalue weighted by atomic mass is 10.0. The molecular weight excluding hydrogens is 284 g/mol. The minimum atomic E-state index is -0.0906. The van der Waals surface area contributed by atoms with E-state index < -0.39 is 0 Å². The molecule has 1 heterocycles. The first kappa shape index (κ1) is 20.3. The van der Waals surface area contributed by atoms with Gasteiger partial charge in [0.2, 0.25) is 0 Å². The van der Waals surface area contributed by atoms with E-state index in [0.29, 0.717) is 0 Å². The summed E-state index contributed by atoms with van der Waals surface area (Å²) < 4.78 is 5.11. The van der Waals surface area contributed by atoms with Gasteiger partial charge in [-0.25, -0.2) is 4.79 Å². The summed E-state index contributed by atoms with van der Waals surface area (Å²) in [5, 5.41) is 0. The van der Waals surface area contributed by atoms with E-state index in [1.165, 1.54) is 83.5 Å². The van der Waals surface area contributed by atoms with Crippen molar-refractivity contribution in [2.45, 2.75) is 116 Å². The SMILES string of the molecule is CCCCCCCCCCCCCCCCC1=CC(C)OC1=O. The van der Waals surface area contributed by atoms with E-state index >= 15 is 0 Å². The van der Waals surface area contributed by atoms with Crippen LogP contribution in [-0.2, 0) is 9.53 Å². The maximum atomic E-state index is 11.5. The van der Waals surface area contributed by atoms with Crippen molar-refractivity contribution >= 4 is 5.97 Å². The Balaban J connectivity index is 1.77. The maximum absolute atomic E-state index is 11.5. The second-order valence-corrected chi connectivity index (χ2v) is 7.15. The lowest BCUT2D eigenvalue weighted by Crippen LogP contribution is -2.03. The lowest BCUT2D eigenvalue weighted by Gasteiger charge is -2.03. The normalized spacial score (nSPS) is 17.4. The summed E-state index contributed by atoms with van der Waals surface area (Å²) in [6.07, 6.45) is 22.1. The molecule has 0 aliphatic carbocycles. The van der Waals surface area contributed by atoms with Crippen LogP contribution in [0.3, 0.4) is 0 Å². The van der Waals surface area contributed by atoms with Crippen molar-refractivity contribution in [1.82, 2.24) is 0 Å². The Labute approximate surface area is 144 Å². The van der Waals surface area contributed by atoms with Crippen LogP contribution >= 0.6 is 0 Å². The average Bonchev–Trinajstić information content (AvgIpc) is 2.85. The van der Waals surface area contributed by atoms with Crippen molar-refractivity contribution in [3.05, 3.63) is 11.6 Å². The zero-order valence-corrected chi connectivity index (χ0v) is 15.6. The molecule has 0 saturated heterocycles. The van der Waals surface area contributed by atoms with E-state index in [1.54, 1.807) is 0 Å². The van der Waals surface area contributed by atoms with Gasteiger partial charge in [-0.1, -0.05) is 90.4 Å². The minimum absolute atomic E-state index is 0.0101. The van der Waals surface area contributed by atoms with Gasteiger partial charge in [-0.05, 0) is 25.8 Å². The molecule has 23 heavy (non-hydrogen) atoms. The molecule has 1 rings (SSSR count). The van der Waals surface area contributed by atoms with Crippen molar-refractivity contribution in [1.29, 1.82) is 0 Å². The smallest absolute Gasteiger partial charge is 0.334 e. The Morgan fingerprint density at radius 1 is 0.783 bits per heavy atom. The largest absolute Gasteiger partial charge is 0.455 e. The third-order valence-electron chi connectivity index (χ3n) is 4.79. The van der Waals surface area contributed by atoms with Crippen molar-refractivity contribution < 1.29 is 9.53 Å². The standard InChI is InChI=1S/C21H38O2/c1-3-4-5-6-7-8-9-10-11-12-13-14-15-16-17-20-18-19(2)23-21(20)22/h18-19H,3-17H2,1-2H3. The second-order valence-electron chi connectivity index (χ2n) is 7.15. The fraction of sp³-hybridized carbons (Fsp3) is 0.857. The Hall–Kier alpha value is -0.790. The Bertz CT molecular complexity index is 333. The van der Waals surface area contributed by atoms with Crippen LogP contribution in [0.1, 0.15) is 110 Å². The molecule has 0 spiro atoms. The molecule has 1 unspecified atom stereocenters. The number of unbranched alkanes of at least 4 members (excludes halogenated alkanes) is 13. The molecule has 0 aromatic carbocycles. The fourth-order valence-corrected chi connectivity index (χ4v) is 3.33. The van der Waals surface area contributed by atoms with Gasteiger partial charge >= 0.3 is 5.97 Å². The Morgan fingerprint density at radius 2 is 1.22 bits per heavy atom. The van der Waals surface area contributed by atoms with Gasteiger partial charge in [0.1, 0.15) is 6.10 Å². The summed E-state index contributed by atoms with van der Waals surface area (Å²) in [7, 11) is 0. The predicted octanol–water partition coefficient (Wildman–Crippen LogP) is 6.73. The zero-order valence-electron chi connectivity index (χ0n) is 15.6. The van der Waals surface area contributed by atoms with Crippen molar-refractivity contribution in [3.8, 4) is 0 Å². The number of cyclic esters (lactones) is 1. The van der Waals surface area contributed by atoms with Crippen LogP contribution in [0, 0.1) is 0 Å². The average molecular weight is 323 g/mol.